The van der Waals surface area contributed by atoms with Gasteiger partial charge in [-0.25, -0.2) is 10.2 Å². The van der Waals surface area contributed by atoms with Crippen LogP contribution in [0.15, 0.2) is 65.1 Å². The fourth-order valence-electron chi connectivity index (χ4n) is 2.63. The number of hydrazone groups is 1. The Bertz CT molecular complexity index is 1140. The number of carbonyl (C=O) groups excluding carboxylic acids is 3. The van der Waals surface area contributed by atoms with Crippen molar-refractivity contribution in [1.29, 1.82) is 0 Å². The van der Waals surface area contributed by atoms with Crippen molar-refractivity contribution in [2.24, 2.45) is 5.10 Å². The first-order chi connectivity index (χ1) is 16.0. The minimum atomic E-state index is -0.499. The van der Waals surface area contributed by atoms with E-state index in [0.717, 1.165) is 0 Å². The Morgan fingerprint density at radius 1 is 1.00 bits per heavy atom. The number of benzene rings is 2. The van der Waals surface area contributed by atoms with Gasteiger partial charge in [-0.05, 0) is 59.5 Å². The number of hydrogen-bond donors (Lipinski definition) is 2. The van der Waals surface area contributed by atoms with Crippen LogP contribution in [0.25, 0.3) is 0 Å². The van der Waals surface area contributed by atoms with Gasteiger partial charge in [-0.1, -0.05) is 6.07 Å². The molecule has 2 amide bonds. The molecule has 3 aromatic rings. The fourth-order valence-corrected chi connectivity index (χ4v) is 3.23. The predicted molar refractivity (Wildman–Crippen MR) is 123 cm³/mol. The molecule has 33 heavy (non-hydrogen) atoms. The van der Waals surface area contributed by atoms with E-state index in [1.807, 2.05) is 0 Å². The van der Waals surface area contributed by atoms with Gasteiger partial charge in [-0.15, -0.1) is 11.3 Å². The first-order valence-electron chi connectivity index (χ1n) is 9.68. The first kappa shape index (κ1) is 23.5. The number of amides is 2. The number of esters is 1. The second-order valence-electron chi connectivity index (χ2n) is 6.48. The Morgan fingerprint density at radius 3 is 2.42 bits per heavy atom. The second-order valence-corrected chi connectivity index (χ2v) is 7.43. The maximum Gasteiger partial charge on any atom is 0.353 e. The quantitative estimate of drug-likeness (QED) is 0.216. The summed E-state index contributed by atoms with van der Waals surface area (Å²) in [6.07, 6.45) is 1.43. The van der Waals surface area contributed by atoms with Crippen LogP contribution in [-0.2, 0) is 4.79 Å². The molecule has 0 aliphatic carbocycles. The van der Waals surface area contributed by atoms with E-state index in [-0.39, 0.29) is 6.54 Å². The Balaban J connectivity index is 1.45. The van der Waals surface area contributed by atoms with E-state index in [1.165, 1.54) is 37.8 Å². The molecular weight excluding hydrogens is 446 g/mol. The molecule has 0 saturated heterocycles. The minimum Gasteiger partial charge on any atom is -0.493 e. The lowest BCUT2D eigenvalue weighted by Gasteiger charge is -2.09. The van der Waals surface area contributed by atoms with Crippen LogP contribution < -0.4 is 25.0 Å². The summed E-state index contributed by atoms with van der Waals surface area (Å²) in [5, 5.41) is 8.16. The lowest BCUT2D eigenvalue weighted by molar-refractivity contribution is -0.120. The molecule has 0 bridgehead atoms. The molecule has 9 nitrogen and oxygen atoms in total. The van der Waals surface area contributed by atoms with E-state index < -0.39 is 17.8 Å². The van der Waals surface area contributed by atoms with Gasteiger partial charge in [0, 0.05) is 5.56 Å². The number of hydrogen-bond acceptors (Lipinski definition) is 8. The third kappa shape index (κ3) is 6.65. The number of carbonyl (C=O) groups is 3. The van der Waals surface area contributed by atoms with Crippen LogP contribution in [-0.4, -0.2) is 44.8 Å². The summed E-state index contributed by atoms with van der Waals surface area (Å²) in [6, 6.07) is 14.8. The van der Waals surface area contributed by atoms with Crippen molar-refractivity contribution in [2.75, 3.05) is 20.8 Å². The summed E-state index contributed by atoms with van der Waals surface area (Å²) < 4.78 is 15.6. The number of nitrogens with one attached hydrogen (secondary N) is 2. The van der Waals surface area contributed by atoms with Crippen LogP contribution >= 0.6 is 11.3 Å². The standard InChI is InChI=1S/C23H21N3O6S/c1-30-18-10-7-16(12-19(18)31-2)22(28)24-14-21(27)26-25-13-15-5-8-17(9-6-15)32-23(29)20-4-3-11-33-20/h3-13H,14H2,1-2H3,(H,24,28)(H,26,27)/b25-13+. The highest BCUT2D eigenvalue weighted by Gasteiger charge is 2.12. The minimum absolute atomic E-state index is 0.262. The van der Waals surface area contributed by atoms with Crippen molar-refractivity contribution >= 4 is 35.3 Å². The van der Waals surface area contributed by atoms with Gasteiger partial charge in [0.15, 0.2) is 11.5 Å². The monoisotopic (exact) mass is 467 g/mol. The molecule has 1 heterocycles. The molecule has 0 atom stereocenters. The van der Waals surface area contributed by atoms with Crippen molar-refractivity contribution in [2.45, 2.75) is 0 Å². The zero-order chi connectivity index (χ0) is 23.6. The number of nitrogens with zero attached hydrogens (tertiary/aromatic N) is 1. The average molecular weight is 468 g/mol. The van der Waals surface area contributed by atoms with Crippen molar-refractivity contribution < 1.29 is 28.6 Å². The molecule has 2 N–H and O–H groups in total. The fraction of sp³-hybridized carbons (Fsp3) is 0.130. The topological polar surface area (TPSA) is 115 Å². The molecule has 2 aromatic carbocycles. The zero-order valence-electron chi connectivity index (χ0n) is 17.9. The van der Waals surface area contributed by atoms with Crippen molar-refractivity contribution in [3.05, 3.63) is 76.0 Å². The van der Waals surface area contributed by atoms with Crippen molar-refractivity contribution in [1.82, 2.24) is 10.7 Å². The Morgan fingerprint density at radius 2 is 1.76 bits per heavy atom. The van der Waals surface area contributed by atoms with Crippen molar-refractivity contribution in [3.63, 3.8) is 0 Å². The zero-order valence-corrected chi connectivity index (χ0v) is 18.7. The Kier molecular flexibility index (Phi) is 8.14. The lowest BCUT2D eigenvalue weighted by atomic mass is 10.2. The highest BCUT2D eigenvalue weighted by molar-refractivity contribution is 7.12. The molecule has 0 spiro atoms. The third-order valence-electron chi connectivity index (χ3n) is 4.27. The van der Waals surface area contributed by atoms with E-state index in [2.05, 4.69) is 15.8 Å². The highest BCUT2D eigenvalue weighted by atomic mass is 32.1. The van der Waals surface area contributed by atoms with Gasteiger partial charge in [0.25, 0.3) is 11.8 Å². The molecule has 170 valence electrons. The maximum atomic E-state index is 12.2. The van der Waals surface area contributed by atoms with E-state index in [1.54, 1.807) is 53.9 Å². The smallest absolute Gasteiger partial charge is 0.353 e. The third-order valence-corrected chi connectivity index (χ3v) is 5.12. The molecule has 0 radical (unpaired) electrons. The summed E-state index contributed by atoms with van der Waals surface area (Å²) >= 11 is 1.30. The van der Waals surface area contributed by atoms with Crippen LogP contribution in [0.4, 0.5) is 0 Å². The van der Waals surface area contributed by atoms with Gasteiger partial charge >= 0.3 is 5.97 Å². The van der Waals surface area contributed by atoms with E-state index >= 15 is 0 Å². The molecule has 0 fully saturated rings. The summed E-state index contributed by atoms with van der Waals surface area (Å²) in [5.41, 5.74) is 3.34. The molecular formula is C23H21N3O6S. The van der Waals surface area contributed by atoms with E-state index in [9.17, 15) is 14.4 Å². The van der Waals surface area contributed by atoms with E-state index in [0.29, 0.717) is 33.3 Å². The molecule has 0 aliphatic heterocycles. The van der Waals surface area contributed by atoms with Gasteiger partial charge in [0.1, 0.15) is 10.6 Å². The van der Waals surface area contributed by atoms with Crippen molar-refractivity contribution in [3.8, 4) is 17.2 Å². The van der Waals surface area contributed by atoms with Crippen LogP contribution in [0.2, 0.25) is 0 Å². The second kappa shape index (κ2) is 11.4. The summed E-state index contributed by atoms with van der Waals surface area (Å²) in [4.78, 5) is 36.6. The molecule has 0 unspecified atom stereocenters. The SMILES string of the molecule is COc1ccc(C(=O)NCC(=O)N/N=C/c2ccc(OC(=O)c3cccs3)cc2)cc1OC. The van der Waals surface area contributed by atoms with E-state index in [4.69, 9.17) is 14.2 Å². The Labute approximate surface area is 194 Å². The van der Waals surface area contributed by atoms with Crippen LogP contribution in [0, 0.1) is 0 Å². The number of thiophene rings is 1. The Hall–Kier alpha value is -4.18. The van der Waals surface area contributed by atoms with Gasteiger partial charge in [0.05, 0.1) is 27.0 Å². The van der Waals surface area contributed by atoms with Gasteiger partial charge in [-0.2, -0.15) is 5.10 Å². The first-order valence-corrected chi connectivity index (χ1v) is 10.6. The molecule has 3 rings (SSSR count). The summed E-state index contributed by atoms with van der Waals surface area (Å²) in [6.45, 7) is -0.262. The number of ether oxygens (including phenoxy) is 3. The maximum absolute atomic E-state index is 12.2. The predicted octanol–water partition coefficient (Wildman–Crippen LogP) is 2.86. The number of methoxy groups -OCH3 is 2. The highest BCUT2D eigenvalue weighted by Crippen LogP contribution is 2.27. The van der Waals surface area contributed by atoms with Crippen LogP contribution in [0.1, 0.15) is 25.6 Å². The summed E-state index contributed by atoms with van der Waals surface area (Å²) in [7, 11) is 2.97. The molecule has 0 saturated carbocycles. The average Bonchev–Trinajstić information content (AvgIpc) is 3.38. The molecule has 10 heteroatoms. The lowest BCUT2D eigenvalue weighted by Crippen LogP contribution is -2.34. The van der Waals surface area contributed by atoms with Gasteiger partial charge < -0.3 is 19.5 Å². The van der Waals surface area contributed by atoms with Crippen LogP contribution in [0.5, 0.6) is 17.2 Å². The van der Waals surface area contributed by atoms with Crippen LogP contribution in [0.3, 0.4) is 0 Å². The largest absolute Gasteiger partial charge is 0.493 e. The normalized spacial score (nSPS) is 10.5. The van der Waals surface area contributed by atoms with Gasteiger partial charge in [-0.3, -0.25) is 9.59 Å². The summed E-state index contributed by atoms with van der Waals surface area (Å²) in [5.74, 6) is -0.0630. The van der Waals surface area contributed by atoms with Gasteiger partial charge in [0.2, 0.25) is 0 Å². The number of rotatable bonds is 9. The molecule has 1 aromatic heterocycles. The molecule has 0 aliphatic rings.